The molecule has 4 nitrogen and oxygen atoms in total. The maximum Gasteiger partial charge on any atom is 0.263 e. The predicted octanol–water partition coefficient (Wildman–Crippen LogP) is 3.51. The lowest BCUT2D eigenvalue weighted by atomic mass is 9.85. The van der Waals surface area contributed by atoms with E-state index in [4.69, 9.17) is 9.73 Å². The van der Waals surface area contributed by atoms with Crippen LogP contribution in [0.4, 0.5) is 0 Å². The van der Waals surface area contributed by atoms with Gasteiger partial charge < -0.3 is 9.30 Å². The Morgan fingerprint density at radius 1 is 1.25 bits per heavy atom. The standard InChI is InChI=1S/C20H28N2O2/c1-4-22-16-8-6-5-7-14(16)19-18(20(22)23)13(3)21-15-11-12(2)9-10-17(15)24-19/h12,15,17H,4-11H2,1-3H3. The Balaban J connectivity index is 1.91. The van der Waals surface area contributed by atoms with Crippen LogP contribution in [0.15, 0.2) is 9.79 Å². The quantitative estimate of drug-likeness (QED) is 0.792. The maximum absolute atomic E-state index is 13.2. The lowest BCUT2D eigenvalue weighted by molar-refractivity contribution is 0.114. The molecule has 0 amide bonds. The van der Waals surface area contributed by atoms with Crippen molar-refractivity contribution in [2.75, 3.05) is 0 Å². The van der Waals surface area contributed by atoms with Gasteiger partial charge in [-0.25, -0.2) is 0 Å². The van der Waals surface area contributed by atoms with Crippen LogP contribution in [0.3, 0.4) is 0 Å². The first-order valence-corrected chi connectivity index (χ1v) is 9.60. The first-order valence-electron chi connectivity index (χ1n) is 9.60. The number of hydrogen-bond donors (Lipinski definition) is 0. The summed E-state index contributed by atoms with van der Waals surface area (Å²) in [7, 11) is 0. The zero-order valence-electron chi connectivity index (χ0n) is 15.1. The van der Waals surface area contributed by atoms with Crippen LogP contribution in [0.25, 0.3) is 0 Å². The minimum atomic E-state index is 0.0982. The van der Waals surface area contributed by atoms with Crippen molar-refractivity contribution in [1.29, 1.82) is 0 Å². The molecule has 130 valence electrons. The summed E-state index contributed by atoms with van der Waals surface area (Å²) < 4.78 is 8.50. The smallest absolute Gasteiger partial charge is 0.263 e. The van der Waals surface area contributed by atoms with Crippen molar-refractivity contribution in [1.82, 2.24) is 4.57 Å². The number of rotatable bonds is 1. The highest BCUT2D eigenvalue weighted by molar-refractivity contribution is 6.01. The molecule has 4 heteroatoms. The van der Waals surface area contributed by atoms with Crippen LogP contribution >= 0.6 is 0 Å². The molecule has 0 spiro atoms. The van der Waals surface area contributed by atoms with E-state index >= 15 is 0 Å². The van der Waals surface area contributed by atoms with Crippen LogP contribution in [-0.4, -0.2) is 22.4 Å². The third-order valence-corrected chi connectivity index (χ3v) is 6.05. The lowest BCUT2D eigenvalue weighted by Crippen LogP contribution is -2.36. The molecule has 0 saturated heterocycles. The number of nitrogens with zero attached hydrogens (tertiary/aromatic N) is 2. The molecule has 1 aromatic rings. The van der Waals surface area contributed by atoms with E-state index in [1.54, 1.807) is 0 Å². The van der Waals surface area contributed by atoms with Gasteiger partial charge in [-0.2, -0.15) is 0 Å². The molecule has 2 aliphatic carbocycles. The summed E-state index contributed by atoms with van der Waals surface area (Å²) in [6, 6.07) is 0.204. The first kappa shape index (κ1) is 15.9. The lowest BCUT2D eigenvalue weighted by Gasteiger charge is -2.33. The molecule has 4 rings (SSSR count). The van der Waals surface area contributed by atoms with E-state index in [9.17, 15) is 4.79 Å². The van der Waals surface area contributed by atoms with Crippen LogP contribution < -0.4 is 10.3 Å². The van der Waals surface area contributed by atoms with Crippen molar-refractivity contribution in [3.63, 3.8) is 0 Å². The molecule has 3 aliphatic rings. The molecule has 24 heavy (non-hydrogen) atoms. The molecule has 3 atom stereocenters. The molecule has 1 fully saturated rings. The van der Waals surface area contributed by atoms with Gasteiger partial charge in [-0.05, 0) is 64.7 Å². The number of ether oxygens (including phenoxy) is 1. The van der Waals surface area contributed by atoms with Crippen molar-refractivity contribution in [2.45, 2.75) is 84.4 Å². The summed E-state index contributed by atoms with van der Waals surface area (Å²) in [5.41, 5.74) is 4.21. The van der Waals surface area contributed by atoms with Gasteiger partial charge in [0.1, 0.15) is 17.4 Å². The SMILES string of the molecule is CCn1c2c(c3c(c1=O)C(C)=NC1CC(C)CCC1O3)CCCC2. The number of hydrogen-bond acceptors (Lipinski definition) is 3. The zero-order chi connectivity index (χ0) is 16.8. The highest BCUT2D eigenvalue weighted by atomic mass is 16.5. The summed E-state index contributed by atoms with van der Waals surface area (Å²) in [4.78, 5) is 18.1. The largest absolute Gasteiger partial charge is 0.487 e. The fraction of sp³-hybridized carbons (Fsp3) is 0.700. The molecule has 1 saturated carbocycles. The molecular formula is C20H28N2O2. The highest BCUT2D eigenvalue weighted by Crippen LogP contribution is 2.38. The van der Waals surface area contributed by atoms with E-state index < -0.39 is 0 Å². The summed E-state index contributed by atoms with van der Waals surface area (Å²) in [5.74, 6) is 1.57. The van der Waals surface area contributed by atoms with Gasteiger partial charge in [-0.1, -0.05) is 6.92 Å². The Morgan fingerprint density at radius 2 is 2.04 bits per heavy atom. The van der Waals surface area contributed by atoms with Gasteiger partial charge in [-0.3, -0.25) is 9.79 Å². The maximum atomic E-state index is 13.2. The summed E-state index contributed by atoms with van der Waals surface area (Å²) >= 11 is 0. The normalized spacial score (nSPS) is 28.8. The van der Waals surface area contributed by atoms with Crippen molar-refractivity contribution < 1.29 is 4.74 Å². The molecule has 1 aliphatic heterocycles. The first-order chi connectivity index (χ1) is 11.6. The number of aliphatic imine (C=N–C) groups is 1. The fourth-order valence-electron chi connectivity index (χ4n) is 4.78. The molecule has 2 heterocycles. The Hall–Kier alpha value is -1.58. The third kappa shape index (κ3) is 2.42. The van der Waals surface area contributed by atoms with E-state index in [0.29, 0.717) is 5.92 Å². The van der Waals surface area contributed by atoms with E-state index in [-0.39, 0.29) is 17.7 Å². The molecule has 0 N–H and O–H groups in total. The van der Waals surface area contributed by atoms with Crippen molar-refractivity contribution in [2.24, 2.45) is 10.9 Å². The molecule has 0 bridgehead atoms. The predicted molar refractivity (Wildman–Crippen MR) is 96.4 cm³/mol. The van der Waals surface area contributed by atoms with E-state index in [0.717, 1.165) is 49.3 Å². The van der Waals surface area contributed by atoms with E-state index in [1.165, 1.54) is 30.5 Å². The zero-order valence-corrected chi connectivity index (χ0v) is 15.1. The highest BCUT2D eigenvalue weighted by Gasteiger charge is 2.36. The average molecular weight is 328 g/mol. The van der Waals surface area contributed by atoms with Gasteiger partial charge in [0.25, 0.3) is 5.56 Å². The minimum Gasteiger partial charge on any atom is -0.487 e. The molecular weight excluding hydrogens is 300 g/mol. The van der Waals surface area contributed by atoms with Crippen LogP contribution in [-0.2, 0) is 19.4 Å². The van der Waals surface area contributed by atoms with Crippen LogP contribution in [0.2, 0.25) is 0 Å². The Labute approximate surface area is 143 Å². The average Bonchev–Trinajstić information content (AvgIpc) is 2.71. The van der Waals surface area contributed by atoms with Gasteiger partial charge in [-0.15, -0.1) is 0 Å². The van der Waals surface area contributed by atoms with Gasteiger partial charge in [0.05, 0.1) is 6.04 Å². The second kappa shape index (κ2) is 6.05. The van der Waals surface area contributed by atoms with Crippen molar-refractivity contribution in [3.05, 3.63) is 27.2 Å². The Morgan fingerprint density at radius 3 is 2.83 bits per heavy atom. The van der Waals surface area contributed by atoms with Gasteiger partial charge in [0, 0.05) is 23.5 Å². The number of fused-ring (bicyclic) bond motifs is 4. The second-order valence-electron chi connectivity index (χ2n) is 7.74. The molecule has 1 aromatic heterocycles. The number of aromatic nitrogens is 1. The monoisotopic (exact) mass is 328 g/mol. The van der Waals surface area contributed by atoms with E-state index in [1.807, 2.05) is 11.5 Å². The second-order valence-corrected chi connectivity index (χ2v) is 7.74. The summed E-state index contributed by atoms with van der Waals surface area (Å²) in [6.45, 7) is 7.09. The van der Waals surface area contributed by atoms with Gasteiger partial charge in [0.15, 0.2) is 0 Å². The van der Waals surface area contributed by atoms with Gasteiger partial charge in [0.2, 0.25) is 0 Å². The van der Waals surface area contributed by atoms with Crippen LogP contribution in [0.1, 0.15) is 69.7 Å². The minimum absolute atomic E-state index is 0.0982. The van der Waals surface area contributed by atoms with Crippen LogP contribution in [0, 0.1) is 5.92 Å². The topological polar surface area (TPSA) is 43.6 Å². The van der Waals surface area contributed by atoms with Gasteiger partial charge >= 0.3 is 0 Å². The molecule has 0 radical (unpaired) electrons. The summed E-state index contributed by atoms with van der Waals surface area (Å²) in [5, 5.41) is 0. The fourth-order valence-corrected chi connectivity index (χ4v) is 4.78. The summed E-state index contributed by atoms with van der Waals surface area (Å²) in [6.07, 6.45) is 7.83. The third-order valence-electron chi connectivity index (χ3n) is 6.05. The Bertz CT molecular complexity index is 747. The van der Waals surface area contributed by atoms with Crippen LogP contribution in [0.5, 0.6) is 5.75 Å². The molecule has 3 unspecified atom stereocenters. The van der Waals surface area contributed by atoms with E-state index in [2.05, 4.69) is 13.8 Å². The number of pyridine rings is 1. The van der Waals surface area contributed by atoms with Crippen molar-refractivity contribution in [3.8, 4) is 5.75 Å². The molecule has 0 aromatic carbocycles. The van der Waals surface area contributed by atoms with Crippen molar-refractivity contribution >= 4 is 5.71 Å². The Kier molecular flexibility index (Phi) is 4.01.